The molecule has 0 aromatic heterocycles. The molecule has 0 atom stereocenters. The van der Waals surface area contributed by atoms with Gasteiger partial charge in [-0.2, -0.15) is 0 Å². The van der Waals surface area contributed by atoms with Gasteiger partial charge in [-0.3, -0.25) is 5.41 Å². The lowest BCUT2D eigenvalue weighted by Crippen LogP contribution is -2.16. The van der Waals surface area contributed by atoms with Crippen molar-refractivity contribution in [2.45, 2.75) is 33.7 Å². The fraction of sp³-hybridized carbons (Fsp3) is 0.625. The third-order valence-electron chi connectivity index (χ3n) is 0.692. The van der Waals surface area contributed by atoms with Crippen LogP contribution in [0.4, 0.5) is 0 Å². The Balaban J connectivity index is 0. The summed E-state index contributed by atoms with van der Waals surface area (Å²) in [5, 5.41) is 9.76. The highest BCUT2D eigenvalue weighted by Crippen LogP contribution is 1.74. The van der Waals surface area contributed by atoms with Crippen molar-refractivity contribution < 1.29 is 0 Å². The van der Waals surface area contributed by atoms with Crippen LogP contribution < -0.4 is 11.1 Å². The molecule has 0 bridgehead atoms. The quantitative estimate of drug-likeness (QED) is 0.429. The average molecular weight is 157 g/mol. The molecule has 0 aliphatic rings. The molecule has 3 nitrogen and oxygen atoms in total. The van der Waals surface area contributed by atoms with Crippen molar-refractivity contribution in [1.82, 2.24) is 5.32 Å². The molecule has 0 spiro atoms. The Labute approximate surface area is 69.2 Å². The molecule has 0 saturated carbocycles. The molecule has 4 N–H and O–H groups in total. The van der Waals surface area contributed by atoms with Crippen LogP contribution in [-0.2, 0) is 0 Å². The molecule has 0 unspecified atom stereocenters. The Bertz CT molecular complexity index is 117. The number of hydrogen-bond acceptors (Lipinski definition) is 2. The molecule has 0 aromatic rings. The lowest BCUT2D eigenvalue weighted by atomic mass is 10.4. The summed E-state index contributed by atoms with van der Waals surface area (Å²) in [7, 11) is 0. The summed E-state index contributed by atoms with van der Waals surface area (Å²) in [6, 6.07) is 0.403. The molecule has 0 fully saturated rings. The van der Waals surface area contributed by atoms with Crippen molar-refractivity contribution in [3.05, 3.63) is 12.3 Å². The first-order valence-electron chi connectivity index (χ1n) is 3.89. The molecule has 0 amide bonds. The maximum atomic E-state index is 6.79. The molecule has 0 aliphatic heterocycles. The zero-order valence-corrected chi connectivity index (χ0v) is 7.81. The second-order valence-electron chi connectivity index (χ2n) is 2.11. The maximum Gasteiger partial charge on any atom is 0.116 e. The minimum absolute atomic E-state index is 0.0724. The number of rotatable bonds is 3. The second-order valence-corrected chi connectivity index (χ2v) is 2.11. The van der Waals surface area contributed by atoms with Crippen molar-refractivity contribution >= 4 is 5.84 Å². The number of hydrogen-bond donors (Lipinski definition) is 3. The Morgan fingerprint density at radius 1 is 1.45 bits per heavy atom. The fourth-order valence-corrected chi connectivity index (χ4v) is 0.330. The smallest absolute Gasteiger partial charge is 0.116 e. The van der Waals surface area contributed by atoms with Gasteiger partial charge in [-0.25, -0.2) is 0 Å². The molecule has 0 aromatic carbocycles. The largest absolute Gasteiger partial charge is 0.389 e. The van der Waals surface area contributed by atoms with Crippen LogP contribution in [0.3, 0.4) is 0 Å². The van der Waals surface area contributed by atoms with Gasteiger partial charge in [0.25, 0.3) is 0 Å². The third kappa shape index (κ3) is 17.6. The van der Waals surface area contributed by atoms with Crippen LogP contribution in [0.15, 0.2) is 12.3 Å². The number of nitrogens with one attached hydrogen (secondary N) is 2. The van der Waals surface area contributed by atoms with Crippen LogP contribution >= 0.6 is 0 Å². The molecule has 3 heteroatoms. The molecule has 0 saturated heterocycles. The second kappa shape index (κ2) is 9.01. The average Bonchev–Trinajstić information content (AvgIpc) is 1.90. The minimum Gasteiger partial charge on any atom is -0.389 e. The Hall–Kier alpha value is -0.990. The standard InChI is InChI=1S/C6H13N3.C2H6/c1-5(2)9-4-3-6(7)8;1-2/h3-5,9H,1-2H3,(H3,7,8);1-2H3/b4-3-;. The van der Waals surface area contributed by atoms with Gasteiger partial charge in [0.1, 0.15) is 5.84 Å². The van der Waals surface area contributed by atoms with Gasteiger partial charge in [0.05, 0.1) is 0 Å². The van der Waals surface area contributed by atoms with Crippen LogP contribution in [0.2, 0.25) is 0 Å². The van der Waals surface area contributed by atoms with Crippen molar-refractivity contribution in [1.29, 1.82) is 5.41 Å². The van der Waals surface area contributed by atoms with Crippen LogP contribution in [0, 0.1) is 5.41 Å². The van der Waals surface area contributed by atoms with E-state index >= 15 is 0 Å². The van der Waals surface area contributed by atoms with Crippen molar-refractivity contribution in [3.8, 4) is 0 Å². The molecule has 11 heavy (non-hydrogen) atoms. The van der Waals surface area contributed by atoms with Crippen molar-refractivity contribution in [2.24, 2.45) is 5.73 Å². The minimum atomic E-state index is 0.0724. The first-order chi connectivity index (χ1) is 5.13. The highest BCUT2D eigenvalue weighted by atomic mass is 14.9. The summed E-state index contributed by atoms with van der Waals surface area (Å²) in [6.07, 6.45) is 3.19. The van der Waals surface area contributed by atoms with Crippen LogP contribution in [-0.4, -0.2) is 11.9 Å². The molecule has 0 aliphatic carbocycles. The van der Waals surface area contributed by atoms with Crippen LogP contribution in [0.1, 0.15) is 27.7 Å². The lowest BCUT2D eigenvalue weighted by Gasteiger charge is -2.01. The summed E-state index contributed by atoms with van der Waals surface area (Å²) in [4.78, 5) is 0. The normalized spacial score (nSPS) is 9.18. The first-order valence-corrected chi connectivity index (χ1v) is 3.89. The fourth-order valence-electron chi connectivity index (χ4n) is 0.330. The summed E-state index contributed by atoms with van der Waals surface area (Å²) in [5.41, 5.74) is 5.04. The van der Waals surface area contributed by atoms with Gasteiger partial charge in [-0.05, 0) is 19.9 Å². The summed E-state index contributed by atoms with van der Waals surface area (Å²) in [5.74, 6) is 0.0724. The van der Waals surface area contributed by atoms with E-state index in [2.05, 4.69) is 5.32 Å². The van der Waals surface area contributed by atoms with E-state index in [1.54, 1.807) is 6.20 Å². The molecular formula is C8H19N3. The summed E-state index contributed by atoms with van der Waals surface area (Å²) >= 11 is 0. The van der Waals surface area contributed by atoms with E-state index in [4.69, 9.17) is 11.1 Å². The molecule has 0 rings (SSSR count). The van der Waals surface area contributed by atoms with E-state index < -0.39 is 0 Å². The van der Waals surface area contributed by atoms with E-state index in [0.29, 0.717) is 6.04 Å². The summed E-state index contributed by atoms with van der Waals surface area (Å²) < 4.78 is 0. The third-order valence-corrected chi connectivity index (χ3v) is 0.692. The zero-order chi connectivity index (χ0) is 9.28. The van der Waals surface area contributed by atoms with Gasteiger partial charge < -0.3 is 11.1 Å². The van der Waals surface area contributed by atoms with Crippen molar-refractivity contribution in [3.63, 3.8) is 0 Å². The topological polar surface area (TPSA) is 61.9 Å². The highest BCUT2D eigenvalue weighted by Gasteiger charge is 1.82. The van der Waals surface area contributed by atoms with Crippen LogP contribution in [0.25, 0.3) is 0 Å². The van der Waals surface area contributed by atoms with Gasteiger partial charge in [-0.1, -0.05) is 13.8 Å². The van der Waals surface area contributed by atoms with E-state index in [1.807, 2.05) is 27.7 Å². The van der Waals surface area contributed by atoms with Crippen LogP contribution in [0.5, 0.6) is 0 Å². The molecule has 66 valence electrons. The van der Waals surface area contributed by atoms with Gasteiger partial charge in [-0.15, -0.1) is 0 Å². The van der Waals surface area contributed by atoms with E-state index in [-0.39, 0.29) is 5.84 Å². The van der Waals surface area contributed by atoms with E-state index in [1.165, 1.54) is 6.08 Å². The first kappa shape index (κ1) is 12.7. The molecule has 0 heterocycles. The van der Waals surface area contributed by atoms with Gasteiger partial charge >= 0.3 is 0 Å². The summed E-state index contributed by atoms with van der Waals surface area (Å²) in [6.45, 7) is 8.04. The number of amidine groups is 1. The maximum absolute atomic E-state index is 6.79. The lowest BCUT2D eigenvalue weighted by molar-refractivity contribution is 0.703. The highest BCUT2D eigenvalue weighted by molar-refractivity contribution is 5.88. The predicted molar refractivity (Wildman–Crippen MR) is 50.7 cm³/mol. The van der Waals surface area contributed by atoms with Gasteiger partial charge in [0.2, 0.25) is 0 Å². The van der Waals surface area contributed by atoms with E-state index in [0.717, 1.165) is 0 Å². The molecule has 0 radical (unpaired) electrons. The van der Waals surface area contributed by atoms with E-state index in [9.17, 15) is 0 Å². The monoisotopic (exact) mass is 157 g/mol. The predicted octanol–water partition coefficient (Wildman–Crippen LogP) is 1.46. The zero-order valence-electron chi connectivity index (χ0n) is 7.81. The molecular weight excluding hydrogens is 138 g/mol. The number of nitrogens with two attached hydrogens (primary N) is 1. The Kier molecular flexibility index (Phi) is 10.4. The van der Waals surface area contributed by atoms with Gasteiger partial charge in [0, 0.05) is 12.2 Å². The Morgan fingerprint density at radius 3 is 2.18 bits per heavy atom. The van der Waals surface area contributed by atoms with Gasteiger partial charge in [0.15, 0.2) is 0 Å². The Morgan fingerprint density at radius 2 is 1.91 bits per heavy atom. The SMILES string of the molecule is CC.CC(C)N/C=C\C(=N)N. The van der Waals surface area contributed by atoms with Crippen molar-refractivity contribution in [2.75, 3.05) is 0 Å².